The normalized spacial score (nSPS) is 9.89. The van der Waals surface area contributed by atoms with E-state index in [1.807, 2.05) is 24.3 Å². The van der Waals surface area contributed by atoms with Gasteiger partial charge in [0.15, 0.2) is 11.6 Å². The molecule has 1 aromatic heterocycles. The summed E-state index contributed by atoms with van der Waals surface area (Å²) in [7, 11) is 3.38. The average Bonchev–Trinajstić information content (AvgIpc) is 2.41. The molecule has 0 fully saturated rings. The Balaban J connectivity index is 2.28. The zero-order valence-corrected chi connectivity index (χ0v) is 10.3. The van der Waals surface area contributed by atoms with Crippen molar-refractivity contribution in [2.24, 2.45) is 0 Å². The highest BCUT2D eigenvalue weighted by atomic mass is 16.5. The van der Waals surface area contributed by atoms with Crippen LogP contribution in [-0.4, -0.2) is 24.1 Å². The van der Waals surface area contributed by atoms with Crippen molar-refractivity contribution in [2.45, 2.75) is 0 Å². The summed E-state index contributed by atoms with van der Waals surface area (Å²) in [6.07, 6.45) is 1.45. The summed E-state index contributed by atoms with van der Waals surface area (Å²) in [4.78, 5) is 8.13. The number of hydrogen-bond donors (Lipinski definition) is 3. The Morgan fingerprint density at radius 1 is 1.22 bits per heavy atom. The van der Waals surface area contributed by atoms with Crippen molar-refractivity contribution in [3.63, 3.8) is 0 Å². The maximum atomic E-state index is 5.93. The number of nitrogens with two attached hydrogens (primary N) is 1. The van der Waals surface area contributed by atoms with Gasteiger partial charge in [-0.2, -0.15) is 0 Å². The average molecular weight is 245 g/mol. The molecular weight excluding hydrogens is 230 g/mol. The van der Waals surface area contributed by atoms with Crippen LogP contribution in [0.25, 0.3) is 0 Å². The van der Waals surface area contributed by atoms with Crippen molar-refractivity contribution >= 4 is 23.0 Å². The van der Waals surface area contributed by atoms with E-state index >= 15 is 0 Å². The van der Waals surface area contributed by atoms with E-state index in [1.165, 1.54) is 6.33 Å². The van der Waals surface area contributed by atoms with Gasteiger partial charge in [-0.25, -0.2) is 9.97 Å². The SMILES string of the molecule is CNc1ncnc(Nc2cccc(OC)c2)c1N. The minimum Gasteiger partial charge on any atom is -0.497 e. The second kappa shape index (κ2) is 5.22. The summed E-state index contributed by atoms with van der Waals surface area (Å²) >= 11 is 0. The van der Waals surface area contributed by atoms with Gasteiger partial charge in [0.1, 0.15) is 17.8 Å². The number of nitrogens with zero attached hydrogens (tertiary/aromatic N) is 2. The topological polar surface area (TPSA) is 85.1 Å². The summed E-state index contributed by atoms with van der Waals surface area (Å²) in [5, 5.41) is 6.03. The first-order valence-corrected chi connectivity index (χ1v) is 5.44. The number of methoxy groups -OCH3 is 1. The molecule has 1 heterocycles. The summed E-state index contributed by atoms with van der Waals surface area (Å²) in [6.45, 7) is 0. The standard InChI is InChI=1S/C12H15N5O/c1-14-11-10(13)12(16-7-15-11)17-8-4-3-5-9(6-8)18-2/h3-7H,13H2,1-2H3,(H2,14,15,16,17). The Kier molecular flexibility index (Phi) is 3.47. The minimum atomic E-state index is 0.475. The number of rotatable bonds is 4. The maximum absolute atomic E-state index is 5.93. The smallest absolute Gasteiger partial charge is 0.159 e. The molecule has 0 aliphatic heterocycles. The van der Waals surface area contributed by atoms with E-state index in [4.69, 9.17) is 10.5 Å². The molecule has 0 saturated carbocycles. The van der Waals surface area contributed by atoms with Crippen LogP contribution < -0.4 is 21.1 Å². The fourth-order valence-corrected chi connectivity index (χ4v) is 1.53. The number of aromatic nitrogens is 2. The lowest BCUT2D eigenvalue weighted by molar-refractivity contribution is 0.415. The molecule has 0 aliphatic rings. The van der Waals surface area contributed by atoms with E-state index < -0.39 is 0 Å². The molecule has 6 nitrogen and oxygen atoms in total. The van der Waals surface area contributed by atoms with Crippen molar-refractivity contribution in [1.82, 2.24) is 9.97 Å². The zero-order chi connectivity index (χ0) is 13.0. The third-order valence-electron chi connectivity index (χ3n) is 2.45. The molecule has 6 heteroatoms. The molecule has 0 bridgehead atoms. The van der Waals surface area contributed by atoms with E-state index in [0.29, 0.717) is 17.3 Å². The first-order valence-electron chi connectivity index (χ1n) is 5.44. The van der Waals surface area contributed by atoms with Crippen LogP contribution in [0.5, 0.6) is 5.75 Å². The van der Waals surface area contributed by atoms with Crippen molar-refractivity contribution in [3.05, 3.63) is 30.6 Å². The third-order valence-corrected chi connectivity index (χ3v) is 2.45. The Morgan fingerprint density at radius 3 is 2.72 bits per heavy atom. The van der Waals surface area contributed by atoms with Crippen LogP contribution in [0.3, 0.4) is 0 Å². The molecule has 0 radical (unpaired) electrons. The van der Waals surface area contributed by atoms with Gasteiger partial charge < -0.3 is 21.1 Å². The number of ether oxygens (including phenoxy) is 1. The van der Waals surface area contributed by atoms with Gasteiger partial charge in [0.05, 0.1) is 7.11 Å². The molecule has 0 amide bonds. The summed E-state index contributed by atoms with van der Waals surface area (Å²) in [6, 6.07) is 7.52. The lowest BCUT2D eigenvalue weighted by Crippen LogP contribution is -2.04. The highest BCUT2D eigenvalue weighted by Gasteiger charge is 2.07. The van der Waals surface area contributed by atoms with E-state index in [9.17, 15) is 0 Å². The van der Waals surface area contributed by atoms with Gasteiger partial charge in [-0.15, -0.1) is 0 Å². The van der Waals surface area contributed by atoms with Crippen molar-refractivity contribution < 1.29 is 4.74 Å². The highest BCUT2D eigenvalue weighted by molar-refractivity contribution is 5.77. The first-order chi connectivity index (χ1) is 8.74. The molecular formula is C12H15N5O. The molecule has 0 aliphatic carbocycles. The predicted molar refractivity (Wildman–Crippen MR) is 72.3 cm³/mol. The quantitative estimate of drug-likeness (QED) is 0.762. The molecule has 0 atom stereocenters. The largest absolute Gasteiger partial charge is 0.497 e. The Labute approximate surface area is 105 Å². The van der Waals surface area contributed by atoms with E-state index in [0.717, 1.165) is 11.4 Å². The molecule has 18 heavy (non-hydrogen) atoms. The molecule has 94 valence electrons. The number of benzene rings is 1. The van der Waals surface area contributed by atoms with E-state index in [1.54, 1.807) is 14.2 Å². The number of anilines is 4. The van der Waals surface area contributed by atoms with Gasteiger partial charge in [0, 0.05) is 18.8 Å². The van der Waals surface area contributed by atoms with E-state index in [-0.39, 0.29) is 0 Å². The second-order valence-electron chi connectivity index (χ2n) is 3.59. The Bertz CT molecular complexity index is 544. The monoisotopic (exact) mass is 245 g/mol. The molecule has 0 spiro atoms. The van der Waals surface area contributed by atoms with Crippen LogP contribution in [0.2, 0.25) is 0 Å². The predicted octanol–water partition coefficient (Wildman–Crippen LogP) is 1.85. The van der Waals surface area contributed by atoms with Crippen LogP contribution >= 0.6 is 0 Å². The summed E-state index contributed by atoms with van der Waals surface area (Å²) in [5.74, 6) is 1.92. The third kappa shape index (κ3) is 2.42. The van der Waals surface area contributed by atoms with Crippen LogP contribution in [0, 0.1) is 0 Å². The van der Waals surface area contributed by atoms with Gasteiger partial charge in [0.2, 0.25) is 0 Å². The van der Waals surface area contributed by atoms with Gasteiger partial charge in [-0.3, -0.25) is 0 Å². The second-order valence-corrected chi connectivity index (χ2v) is 3.59. The zero-order valence-electron chi connectivity index (χ0n) is 10.3. The Morgan fingerprint density at radius 2 is 2.00 bits per heavy atom. The minimum absolute atomic E-state index is 0.475. The summed E-state index contributed by atoms with van der Waals surface area (Å²) in [5.41, 5.74) is 7.25. The van der Waals surface area contributed by atoms with Gasteiger partial charge in [0.25, 0.3) is 0 Å². The van der Waals surface area contributed by atoms with Crippen LogP contribution in [0.1, 0.15) is 0 Å². The number of hydrogen-bond acceptors (Lipinski definition) is 6. The van der Waals surface area contributed by atoms with Crippen molar-refractivity contribution in [3.8, 4) is 5.75 Å². The van der Waals surface area contributed by atoms with Crippen molar-refractivity contribution in [2.75, 3.05) is 30.5 Å². The van der Waals surface area contributed by atoms with Gasteiger partial charge in [-0.05, 0) is 12.1 Å². The van der Waals surface area contributed by atoms with E-state index in [2.05, 4.69) is 20.6 Å². The fraction of sp³-hybridized carbons (Fsp3) is 0.167. The molecule has 4 N–H and O–H groups in total. The molecule has 0 unspecified atom stereocenters. The van der Waals surface area contributed by atoms with Gasteiger partial charge in [-0.1, -0.05) is 6.07 Å². The molecule has 0 saturated heterocycles. The number of nitrogens with one attached hydrogen (secondary N) is 2. The molecule has 2 aromatic rings. The molecule has 1 aromatic carbocycles. The fourth-order valence-electron chi connectivity index (χ4n) is 1.53. The number of nitrogen functional groups attached to an aromatic ring is 1. The van der Waals surface area contributed by atoms with Crippen LogP contribution in [0.4, 0.5) is 23.0 Å². The molecule has 2 rings (SSSR count). The Hall–Kier alpha value is -2.50. The van der Waals surface area contributed by atoms with Crippen LogP contribution in [0.15, 0.2) is 30.6 Å². The highest BCUT2D eigenvalue weighted by Crippen LogP contribution is 2.26. The van der Waals surface area contributed by atoms with Gasteiger partial charge >= 0.3 is 0 Å². The lowest BCUT2D eigenvalue weighted by atomic mass is 10.3. The lowest BCUT2D eigenvalue weighted by Gasteiger charge is -2.11. The maximum Gasteiger partial charge on any atom is 0.159 e. The first kappa shape index (κ1) is 12.0. The van der Waals surface area contributed by atoms with Crippen molar-refractivity contribution in [1.29, 1.82) is 0 Å². The summed E-state index contributed by atoms with van der Waals surface area (Å²) < 4.78 is 5.15. The van der Waals surface area contributed by atoms with Crippen LogP contribution in [-0.2, 0) is 0 Å².